The van der Waals surface area contributed by atoms with Gasteiger partial charge in [0.2, 0.25) is 0 Å². The molecule has 1 aliphatic carbocycles. The second-order valence-corrected chi connectivity index (χ2v) is 9.09. The molecule has 1 amide bonds. The SMILES string of the molecule is CC(C)(O)C(F)CNC(=O)c1cnc(-c2cnn3cc(Cl)cnc23)cc1NC1CC(F)(F)C1. The van der Waals surface area contributed by atoms with Gasteiger partial charge in [-0.1, -0.05) is 11.6 Å². The first kappa shape index (κ1) is 23.2. The largest absolute Gasteiger partial charge is 0.387 e. The van der Waals surface area contributed by atoms with Gasteiger partial charge in [-0.3, -0.25) is 9.78 Å². The average Bonchev–Trinajstić information content (AvgIpc) is 3.12. The van der Waals surface area contributed by atoms with Gasteiger partial charge in [0, 0.05) is 31.3 Å². The molecular formula is C21H22ClF3N6O2. The Morgan fingerprint density at radius 3 is 2.73 bits per heavy atom. The summed E-state index contributed by atoms with van der Waals surface area (Å²) in [5, 5.41) is 19.7. The Hall–Kier alpha value is -2.92. The summed E-state index contributed by atoms with van der Waals surface area (Å²) >= 11 is 5.94. The molecular weight excluding hydrogens is 461 g/mol. The van der Waals surface area contributed by atoms with Crippen molar-refractivity contribution in [3.63, 3.8) is 0 Å². The molecule has 8 nitrogen and oxygen atoms in total. The van der Waals surface area contributed by atoms with Crippen molar-refractivity contribution in [1.29, 1.82) is 0 Å². The van der Waals surface area contributed by atoms with Gasteiger partial charge in [-0.15, -0.1) is 0 Å². The van der Waals surface area contributed by atoms with E-state index in [2.05, 4.69) is 25.7 Å². The lowest BCUT2D eigenvalue weighted by Gasteiger charge is -2.36. The number of carbonyl (C=O) groups excluding carboxylic acids is 1. The summed E-state index contributed by atoms with van der Waals surface area (Å²) in [4.78, 5) is 21.3. The van der Waals surface area contributed by atoms with Crippen LogP contribution in [0.5, 0.6) is 0 Å². The molecule has 0 saturated heterocycles. The fourth-order valence-electron chi connectivity index (χ4n) is 3.45. The van der Waals surface area contributed by atoms with E-state index >= 15 is 0 Å². The van der Waals surface area contributed by atoms with E-state index in [1.54, 1.807) is 12.3 Å². The van der Waals surface area contributed by atoms with Crippen molar-refractivity contribution < 1.29 is 23.1 Å². The third-order valence-corrected chi connectivity index (χ3v) is 5.60. The Morgan fingerprint density at radius 1 is 1.33 bits per heavy atom. The molecule has 176 valence electrons. The van der Waals surface area contributed by atoms with Gasteiger partial charge in [-0.25, -0.2) is 22.7 Å². The van der Waals surface area contributed by atoms with Crippen LogP contribution in [0.2, 0.25) is 5.02 Å². The van der Waals surface area contributed by atoms with Gasteiger partial charge in [0.15, 0.2) is 5.65 Å². The van der Waals surface area contributed by atoms with Gasteiger partial charge in [0.25, 0.3) is 11.8 Å². The van der Waals surface area contributed by atoms with Crippen LogP contribution in [0.25, 0.3) is 16.9 Å². The number of aliphatic hydroxyl groups is 1. The lowest BCUT2D eigenvalue weighted by molar-refractivity contribution is -0.0793. The monoisotopic (exact) mass is 482 g/mol. The number of aromatic nitrogens is 4. The molecule has 1 atom stereocenters. The van der Waals surface area contributed by atoms with Crippen molar-refractivity contribution >= 4 is 28.8 Å². The van der Waals surface area contributed by atoms with Crippen molar-refractivity contribution in [3.8, 4) is 11.3 Å². The Morgan fingerprint density at radius 2 is 2.06 bits per heavy atom. The minimum Gasteiger partial charge on any atom is -0.387 e. The summed E-state index contributed by atoms with van der Waals surface area (Å²) in [6.45, 7) is 2.16. The molecule has 3 heterocycles. The maximum absolute atomic E-state index is 14.1. The highest BCUT2D eigenvalue weighted by atomic mass is 35.5. The Labute approximate surface area is 192 Å². The number of nitrogens with zero attached hydrogens (tertiary/aromatic N) is 4. The van der Waals surface area contributed by atoms with Crippen LogP contribution >= 0.6 is 11.6 Å². The average molecular weight is 483 g/mol. The molecule has 1 unspecified atom stereocenters. The third kappa shape index (κ3) is 5.03. The predicted molar refractivity (Wildman–Crippen MR) is 116 cm³/mol. The van der Waals surface area contributed by atoms with Crippen molar-refractivity contribution in [3.05, 3.63) is 41.4 Å². The van der Waals surface area contributed by atoms with E-state index in [4.69, 9.17) is 11.6 Å². The van der Waals surface area contributed by atoms with E-state index in [-0.39, 0.29) is 24.1 Å². The number of carbonyl (C=O) groups is 1. The molecule has 1 saturated carbocycles. The molecule has 4 rings (SSSR count). The second kappa shape index (κ2) is 8.45. The normalized spacial score (nSPS) is 16.9. The molecule has 0 spiro atoms. The van der Waals surface area contributed by atoms with Crippen molar-refractivity contribution in [2.75, 3.05) is 11.9 Å². The summed E-state index contributed by atoms with van der Waals surface area (Å²) in [7, 11) is 0. The highest BCUT2D eigenvalue weighted by molar-refractivity contribution is 6.30. The highest BCUT2D eigenvalue weighted by Gasteiger charge is 2.45. The molecule has 3 N–H and O–H groups in total. The summed E-state index contributed by atoms with van der Waals surface area (Å²) in [5.74, 6) is -3.41. The van der Waals surface area contributed by atoms with E-state index in [9.17, 15) is 23.1 Å². The number of alkyl halides is 3. The van der Waals surface area contributed by atoms with E-state index < -0.39 is 36.2 Å². The molecule has 0 aliphatic heterocycles. The second-order valence-electron chi connectivity index (χ2n) is 8.65. The Kier molecular flexibility index (Phi) is 5.95. The first-order valence-electron chi connectivity index (χ1n) is 10.2. The molecule has 1 fully saturated rings. The zero-order valence-corrected chi connectivity index (χ0v) is 18.6. The first-order chi connectivity index (χ1) is 15.4. The topological polar surface area (TPSA) is 104 Å². The van der Waals surface area contributed by atoms with E-state index in [1.807, 2.05) is 0 Å². The number of hydrogen-bond acceptors (Lipinski definition) is 6. The van der Waals surface area contributed by atoms with E-state index in [0.29, 0.717) is 21.9 Å². The molecule has 12 heteroatoms. The third-order valence-electron chi connectivity index (χ3n) is 5.41. The zero-order valence-electron chi connectivity index (χ0n) is 17.8. The molecule has 0 bridgehead atoms. The molecule has 3 aromatic heterocycles. The van der Waals surface area contributed by atoms with Crippen LogP contribution in [0, 0.1) is 0 Å². The van der Waals surface area contributed by atoms with Gasteiger partial charge in [0.05, 0.1) is 52.1 Å². The van der Waals surface area contributed by atoms with Crippen LogP contribution < -0.4 is 10.6 Å². The lowest BCUT2D eigenvalue weighted by atomic mass is 9.88. The summed E-state index contributed by atoms with van der Waals surface area (Å²) in [6.07, 6.45) is 3.39. The number of rotatable bonds is 7. The van der Waals surface area contributed by atoms with Crippen LogP contribution in [0.1, 0.15) is 37.0 Å². The number of pyridine rings is 1. The fourth-order valence-corrected chi connectivity index (χ4v) is 3.59. The number of anilines is 1. The molecule has 1 aliphatic rings. The van der Waals surface area contributed by atoms with Gasteiger partial charge in [-0.05, 0) is 19.9 Å². The number of hydrogen-bond donors (Lipinski definition) is 3. The molecule has 3 aromatic rings. The smallest absolute Gasteiger partial charge is 0.255 e. The summed E-state index contributed by atoms with van der Waals surface area (Å²) in [5.41, 5.74) is 0.120. The summed E-state index contributed by atoms with van der Waals surface area (Å²) < 4.78 is 42.2. The Bertz CT molecular complexity index is 1190. The van der Waals surface area contributed by atoms with Crippen LogP contribution in [0.3, 0.4) is 0 Å². The van der Waals surface area contributed by atoms with Gasteiger partial charge >= 0.3 is 0 Å². The van der Waals surface area contributed by atoms with Crippen LogP contribution in [0.4, 0.5) is 18.9 Å². The predicted octanol–water partition coefficient (Wildman–Crippen LogP) is 3.49. The highest BCUT2D eigenvalue weighted by Crippen LogP contribution is 2.40. The lowest BCUT2D eigenvalue weighted by Crippen LogP contribution is -2.45. The quantitative estimate of drug-likeness (QED) is 0.476. The van der Waals surface area contributed by atoms with Crippen molar-refractivity contribution in [2.24, 2.45) is 0 Å². The number of amides is 1. The van der Waals surface area contributed by atoms with Crippen LogP contribution in [0.15, 0.2) is 30.9 Å². The van der Waals surface area contributed by atoms with Gasteiger partial charge in [-0.2, -0.15) is 5.10 Å². The first-order valence-corrected chi connectivity index (χ1v) is 10.6. The van der Waals surface area contributed by atoms with Crippen LogP contribution in [-0.4, -0.2) is 60.9 Å². The molecule has 0 radical (unpaired) electrons. The maximum Gasteiger partial charge on any atom is 0.255 e. The van der Waals surface area contributed by atoms with Crippen molar-refractivity contribution in [1.82, 2.24) is 24.9 Å². The van der Waals surface area contributed by atoms with Gasteiger partial charge < -0.3 is 15.7 Å². The number of fused-ring (bicyclic) bond motifs is 1. The Balaban J connectivity index is 1.64. The standard InChI is InChI=1S/C21H22ClF3N6O2/c1-20(2,33)17(23)9-28-19(32)14-7-26-15(3-16(14)30-12-4-21(24,25)5-12)13-8-29-31-10-11(22)6-27-18(13)31/h3,6-8,10,12,17,33H,4-5,9H2,1-2H3,(H,26,30)(H,28,32). The zero-order chi connectivity index (χ0) is 24.0. The molecule has 0 aromatic carbocycles. The van der Waals surface area contributed by atoms with Gasteiger partial charge in [0.1, 0.15) is 6.17 Å². The van der Waals surface area contributed by atoms with Crippen LogP contribution in [-0.2, 0) is 0 Å². The number of halogens is 4. The summed E-state index contributed by atoms with van der Waals surface area (Å²) in [6, 6.07) is 1.01. The number of nitrogens with one attached hydrogen (secondary N) is 2. The molecule has 33 heavy (non-hydrogen) atoms. The van der Waals surface area contributed by atoms with Crippen molar-refractivity contribution in [2.45, 2.75) is 50.4 Å². The fraction of sp³-hybridized carbons (Fsp3) is 0.429. The van der Waals surface area contributed by atoms with E-state index in [0.717, 1.165) is 0 Å². The maximum atomic E-state index is 14.1. The van der Waals surface area contributed by atoms with E-state index in [1.165, 1.54) is 37.0 Å². The minimum atomic E-state index is -2.75. The minimum absolute atomic E-state index is 0.0596.